The van der Waals surface area contributed by atoms with Crippen molar-refractivity contribution in [2.75, 3.05) is 12.0 Å². The Kier molecular flexibility index (Phi) is 6.07. The number of thiocarbonyl (C=S) groups is 1. The van der Waals surface area contributed by atoms with Gasteiger partial charge >= 0.3 is 0 Å². The van der Waals surface area contributed by atoms with Crippen LogP contribution in [0.1, 0.15) is 40.3 Å². The highest BCUT2D eigenvalue weighted by atomic mass is 32.1. The molecule has 0 spiro atoms. The first-order valence-corrected chi connectivity index (χ1v) is 11.8. The standard InChI is InChI=1S/C28H28N4OS/c1-19-16-24(20(2)31(19)18-21-10-5-4-6-11-21)27-26(25-14-7-8-15-29-25)30-28(34)32(27)22-12-9-13-23(17-22)33-3/h4-17,26-27H,18H2,1-3H3,(H,30,34)/t26-,27-/m1/s1. The van der Waals surface area contributed by atoms with Crippen molar-refractivity contribution >= 4 is 23.0 Å². The second kappa shape index (κ2) is 9.31. The van der Waals surface area contributed by atoms with Gasteiger partial charge in [-0.15, -0.1) is 0 Å². The monoisotopic (exact) mass is 468 g/mol. The molecule has 0 aliphatic carbocycles. The number of methoxy groups -OCH3 is 1. The fraction of sp³-hybridized carbons (Fsp3) is 0.214. The molecule has 0 bridgehead atoms. The van der Waals surface area contributed by atoms with E-state index in [-0.39, 0.29) is 12.1 Å². The van der Waals surface area contributed by atoms with Crippen molar-refractivity contribution in [3.63, 3.8) is 0 Å². The van der Waals surface area contributed by atoms with Gasteiger partial charge in [-0.3, -0.25) is 4.98 Å². The summed E-state index contributed by atoms with van der Waals surface area (Å²) in [6.07, 6.45) is 1.84. The molecule has 5 nitrogen and oxygen atoms in total. The molecule has 1 saturated heterocycles. The first kappa shape index (κ1) is 22.2. The molecule has 0 saturated carbocycles. The molecule has 0 radical (unpaired) electrons. The topological polar surface area (TPSA) is 42.3 Å². The Morgan fingerprint density at radius 3 is 2.50 bits per heavy atom. The van der Waals surface area contributed by atoms with E-state index in [0.717, 1.165) is 23.7 Å². The van der Waals surface area contributed by atoms with Crippen LogP contribution in [-0.4, -0.2) is 21.8 Å². The van der Waals surface area contributed by atoms with E-state index in [1.807, 2.05) is 36.5 Å². The van der Waals surface area contributed by atoms with E-state index in [4.69, 9.17) is 17.0 Å². The maximum atomic E-state index is 5.88. The van der Waals surface area contributed by atoms with Crippen molar-refractivity contribution in [2.45, 2.75) is 32.5 Å². The molecule has 4 aromatic rings. The van der Waals surface area contributed by atoms with Crippen LogP contribution in [0, 0.1) is 13.8 Å². The zero-order valence-electron chi connectivity index (χ0n) is 19.6. The highest BCUT2D eigenvalue weighted by molar-refractivity contribution is 7.80. The Labute approximate surface area is 206 Å². The third kappa shape index (κ3) is 4.05. The first-order chi connectivity index (χ1) is 16.6. The Bertz CT molecular complexity index is 1300. The fourth-order valence-corrected chi connectivity index (χ4v) is 5.19. The van der Waals surface area contributed by atoms with Gasteiger partial charge in [0.1, 0.15) is 5.75 Å². The van der Waals surface area contributed by atoms with E-state index >= 15 is 0 Å². The molecule has 2 aromatic carbocycles. The predicted molar refractivity (Wildman–Crippen MR) is 140 cm³/mol. The minimum Gasteiger partial charge on any atom is -0.497 e. The largest absolute Gasteiger partial charge is 0.497 e. The maximum Gasteiger partial charge on any atom is 0.174 e. The van der Waals surface area contributed by atoms with E-state index in [1.54, 1.807) is 7.11 Å². The smallest absolute Gasteiger partial charge is 0.174 e. The van der Waals surface area contributed by atoms with Gasteiger partial charge < -0.3 is 19.5 Å². The fourth-order valence-electron chi connectivity index (χ4n) is 4.85. The molecule has 2 atom stereocenters. The number of rotatable bonds is 6. The molecular formula is C28H28N4OS. The minimum absolute atomic E-state index is 0.0507. The molecule has 0 unspecified atom stereocenters. The van der Waals surface area contributed by atoms with E-state index in [9.17, 15) is 0 Å². The summed E-state index contributed by atoms with van der Waals surface area (Å²) >= 11 is 5.88. The van der Waals surface area contributed by atoms with Crippen molar-refractivity contribution in [1.82, 2.24) is 14.9 Å². The van der Waals surface area contributed by atoms with E-state index in [1.165, 1.54) is 22.5 Å². The Hall–Kier alpha value is -3.64. The van der Waals surface area contributed by atoms with Crippen LogP contribution in [0.3, 0.4) is 0 Å². The number of nitrogens with zero attached hydrogens (tertiary/aromatic N) is 3. The quantitative estimate of drug-likeness (QED) is 0.366. The zero-order valence-corrected chi connectivity index (χ0v) is 20.4. The summed E-state index contributed by atoms with van der Waals surface area (Å²) in [5, 5.41) is 4.24. The number of anilines is 1. The van der Waals surface area contributed by atoms with Crippen molar-refractivity contribution in [2.24, 2.45) is 0 Å². The molecule has 1 fully saturated rings. The van der Waals surface area contributed by atoms with Gasteiger partial charge in [0, 0.05) is 35.9 Å². The van der Waals surface area contributed by atoms with Gasteiger partial charge in [0.2, 0.25) is 0 Å². The summed E-state index contributed by atoms with van der Waals surface area (Å²) in [5.41, 5.74) is 6.92. The van der Waals surface area contributed by atoms with Gasteiger partial charge in [-0.25, -0.2) is 0 Å². The lowest BCUT2D eigenvalue weighted by atomic mass is 9.96. The minimum atomic E-state index is -0.0782. The van der Waals surface area contributed by atoms with Gasteiger partial charge in [0.15, 0.2) is 5.11 Å². The summed E-state index contributed by atoms with van der Waals surface area (Å²) < 4.78 is 7.89. The van der Waals surface area contributed by atoms with Crippen LogP contribution in [0.15, 0.2) is 85.1 Å². The van der Waals surface area contributed by atoms with Gasteiger partial charge in [-0.05, 0) is 67.5 Å². The Morgan fingerprint density at radius 2 is 1.76 bits per heavy atom. The molecule has 6 heteroatoms. The van der Waals surface area contributed by atoms with E-state index < -0.39 is 0 Å². The number of hydrogen-bond donors (Lipinski definition) is 1. The average molecular weight is 469 g/mol. The lowest BCUT2D eigenvalue weighted by Gasteiger charge is -2.28. The van der Waals surface area contributed by atoms with Gasteiger partial charge in [-0.1, -0.05) is 42.5 Å². The summed E-state index contributed by atoms with van der Waals surface area (Å²) in [6, 6.07) is 26.8. The molecule has 5 rings (SSSR count). The normalized spacial score (nSPS) is 17.6. The molecule has 34 heavy (non-hydrogen) atoms. The van der Waals surface area contributed by atoms with Gasteiger partial charge in [-0.2, -0.15) is 0 Å². The lowest BCUT2D eigenvalue weighted by molar-refractivity contribution is 0.415. The van der Waals surface area contributed by atoms with Crippen LogP contribution in [-0.2, 0) is 6.54 Å². The summed E-state index contributed by atoms with van der Waals surface area (Å²) in [6.45, 7) is 5.20. The number of nitrogens with one attached hydrogen (secondary N) is 1. The molecular weight excluding hydrogens is 440 g/mol. The SMILES string of the molecule is COc1cccc(N2C(=S)N[C@H](c3ccccn3)[C@H]2c2cc(C)n(Cc3ccccc3)c2C)c1. The van der Waals surface area contributed by atoms with Crippen molar-refractivity contribution < 1.29 is 4.74 Å². The second-order valence-corrected chi connectivity index (χ2v) is 8.98. The number of hydrogen-bond acceptors (Lipinski definition) is 3. The summed E-state index contributed by atoms with van der Waals surface area (Å²) in [4.78, 5) is 6.88. The van der Waals surface area contributed by atoms with Crippen LogP contribution in [0.5, 0.6) is 5.75 Å². The highest BCUT2D eigenvalue weighted by Crippen LogP contribution is 2.43. The maximum absolute atomic E-state index is 5.88. The van der Waals surface area contributed by atoms with E-state index in [2.05, 4.69) is 82.1 Å². The second-order valence-electron chi connectivity index (χ2n) is 8.60. The third-order valence-corrected chi connectivity index (χ3v) is 6.86. The zero-order chi connectivity index (χ0) is 23.7. The number of pyridine rings is 1. The molecule has 1 aliphatic heterocycles. The highest BCUT2D eigenvalue weighted by Gasteiger charge is 2.42. The Morgan fingerprint density at radius 1 is 0.971 bits per heavy atom. The van der Waals surface area contributed by atoms with Crippen LogP contribution in [0.25, 0.3) is 0 Å². The number of benzene rings is 2. The van der Waals surface area contributed by atoms with Crippen LogP contribution < -0.4 is 15.0 Å². The molecule has 2 aromatic heterocycles. The third-order valence-electron chi connectivity index (χ3n) is 6.54. The first-order valence-electron chi connectivity index (χ1n) is 11.4. The molecule has 1 N–H and O–H groups in total. The number of aryl methyl sites for hydroxylation is 1. The van der Waals surface area contributed by atoms with Gasteiger partial charge in [0.25, 0.3) is 0 Å². The molecule has 0 amide bonds. The van der Waals surface area contributed by atoms with Gasteiger partial charge in [0.05, 0.1) is 24.9 Å². The average Bonchev–Trinajstić information content (AvgIpc) is 3.36. The molecule has 3 heterocycles. The molecule has 1 aliphatic rings. The van der Waals surface area contributed by atoms with Crippen molar-refractivity contribution in [1.29, 1.82) is 0 Å². The Balaban J connectivity index is 1.62. The number of ether oxygens (including phenoxy) is 1. The number of aromatic nitrogens is 2. The van der Waals surface area contributed by atoms with Crippen molar-refractivity contribution in [3.8, 4) is 5.75 Å². The van der Waals surface area contributed by atoms with Crippen molar-refractivity contribution in [3.05, 3.63) is 113 Å². The summed E-state index contributed by atoms with van der Waals surface area (Å²) in [7, 11) is 1.69. The van der Waals surface area contributed by atoms with Crippen LogP contribution in [0.2, 0.25) is 0 Å². The lowest BCUT2D eigenvalue weighted by Crippen LogP contribution is -2.29. The molecule has 172 valence electrons. The summed E-state index contributed by atoms with van der Waals surface area (Å²) in [5.74, 6) is 0.801. The van der Waals surface area contributed by atoms with Crippen LogP contribution in [0.4, 0.5) is 5.69 Å². The predicted octanol–water partition coefficient (Wildman–Crippen LogP) is 5.73. The van der Waals surface area contributed by atoms with E-state index in [0.29, 0.717) is 5.11 Å². The van der Waals surface area contributed by atoms with Crippen LogP contribution >= 0.6 is 12.2 Å².